The van der Waals surface area contributed by atoms with Crippen molar-refractivity contribution in [3.8, 4) is 6.07 Å². The molecule has 19 heavy (non-hydrogen) atoms. The maximum atomic E-state index is 8.99. The van der Waals surface area contributed by atoms with E-state index in [4.69, 9.17) is 10.00 Å². The standard InChI is InChI=1S/C15H15N3O/c16-9-12-8-14-13(2-1-3-15(14)17-10-12)11-18-4-6-19-7-5-18/h1-3,8,10H,4-7,11H2. The van der Waals surface area contributed by atoms with Crippen LogP contribution in [-0.4, -0.2) is 36.2 Å². The molecule has 1 saturated heterocycles. The van der Waals surface area contributed by atoms with E-state index in [-0.39, 0.29) is 0 Å². The highest BCUT2D eigenvalue weighted by Gasteiger charge is 2.12. The highest BCUT2D eigenvalue weighted by Crippen LogP contribution is 2.20. The number of pyridine rings is 1. The smallest absolute Gasteiger partial charge is 0.101 e. The molecular formula is C15H15N3O. The largest absolute Gasteiger partial charge is 0.379 e. The summed E-state index contributed by atoms with van der Waals surface area (Å²) in [6.07, 6.45) is 1.63. The number of nitriles is 1. The molecule has 4 heteroatoms. The summed E-state index contributed by atoms with van der Waals surface area (Å²) in [7, 11) is 0. The van der Waals surface area contributed by atoms with Crippen LogP contribution in [0.5, 0.6) is 0 Å². The van der Waals surface area contributed by atoms with Crippen LogP contribution in [0.3, 0.4) is 0 Å². The van der Waals surface area contributed by atoms with Gasteiger partial charge in [0, 0.05) is 31.2 Å². The second-order valence-corrected chi connectivity index (χ2v) is 4.71. The van der Waals surface area contributed by atoms with Crippen LogP contribution in [0.1, 0.15) is 11.1 Å². The first-order valence-electron chi connectivity index (χ1n) is 6.45. The number of nitrogens with zero attached hydrogens (tertiary/aromatic N) is 3. The van der Waals surface area contributed by atoms with Crippen molar-refractivity contribution in [1.29, 1.82) is 5.26 Å². The molecule has 0 amide bonds. The zero-order chi connectivity index (χ0) is 13.1. The number of ether oxygens (including phenoxy) is 1. The van der Waals surface area contributed by atoms with Crippen molar-refractivity contribution in [2.45, 2.75) is 6.54 Å². The Morgan fingerprint density at radius 2 is 2.16 bits per heavy atom. The summed E-state index contributed by atoms with van der Waals surface area (Å²) in [5.74, 6) is 0. The van der Waals surface area contributed by atoms with Gasteiger partial charge in [-0.15, -0.1) is 0 Å². The third-order valence-corrected chi connectivity index (χ3v) is 3.44. The second kappa shape index (κ2) is 5.35. The lowest BCUT2D eigenvalue weighted by atomic mass is 10.1. The van der Waals surface area contributed by atoms with Crippen LogP contribution in [0.25, 0.3) is 10.9 Å². The first kappa shape index (κ1) is 12.1. The molecule has 0 aliphatic carbocycles. The van der Waals surface area contributed by atoms with Crippen molar-refractivity contribution in [3.05, 3.63) is 41.6 Å². The van der Waals surface area contributed by atoms with Gasteiger partial charge in [0.25, 0.3) is 0 Å². The SMILES string of the molecule is N#Cc1cnc2cccc(CN3CCOCC3)c2c1. The normalized spacial score (nSPS) is 16.4. The molecular weight excluding hydrogens is 238 g/mol. The van der Waals surface area contributed by atoms with E-state index in [0.29, 0.717) is 5.56 Å². The Morgan fingerprint density at radius 3 is 2.95 bits per heavy atom. The molecule has 1 fully saturated rings. The molecule has 0 atom stereocenters. The van der Waals surface area contributed by atoms with Gasteiger partial charge < -0.3 is 4.74 Å². The van der Waals surface area contributed by atoms with E-state index < -0.39 is 0 Å². The van der Waals surface area contributed by atoms with Crippen molar-refractivity contribution < 1.29 is 4.74 Å². The molecule has 0 spiro atoms. The highest BCUT2D eigenvalue weighted by molar-refractivity contribution is 5.83. The van der Waals surface area contributed by atoms with Crippen LogP contribution in [-0.2, 0) is 11.3 Å². The lowest BCUT2D eigenvalue weighted by Gasteiger charge is -2.27. The van der Waals surface area contributed by atoms with E-state index in [1.54, 1.807) is 6.20 Å². The topological polar surface area (TPSA) is 49.2 Å². The lowest BCUT2D eigenvalue weighted by molar-refractivity contribution is 0.0343. The number of hydrogen-bond acceptors (Lipinski definition) is 4. The molecule has 1 aliphatic heterocycles. The van der Waals surface area contributed by atoms with Crippen LogP contribution >= 0.6 is 0 Å². The minimum Gasteiger partial charge on any atom is -0.379 e. The van der Waals surface area contributed by atoms with Crippen LogP contribution in [0.4, 0.5) is 0 Å². The summed E-state index contributed by atoms with van der Waals surface area (Å²) in [5.41, 5.74) is 2.79. The van der Waals surface area contributed by atoms with Crippen LogP contribution < -0.4 is 0 Å². The summed E-state index contributed by atoms with van der Waals surface area (Å²) in [4.78, 5) is 6.71. The van der Waals surface area contributed by atoms with Gasteiger partial charge in [0.05, 0.1) is 24.3 Å². The lowest BCUT2D eigenvalue weighted by Crippen LogP contribution is -2.35. The monoisotopic (exact) mass is 253 g/mol. The number of hydrogen-bond donors (Lipinski definition) is 0. The molecule has 4 nitrogen and oxygen atoms in total. The van der Waals surface area contributed by atoms with E-state index in [1.165, 1.54) is 5.56 Å². The molecule has 1 aliphatic rings. The predicted molar refractivity (Wildman–Crippen MR) is 72.6 cm³/mol. The van der Waals surface area contributed by atoms with E-state index in [0.717, 1.165) is 43.8 Å². The summed E-state index contributed by atoms with van der Waals surface area (Å²) >= 11 is 0. The quantitative estimate of drug-likeness (QED) is 0.820. The minimum absolute atomic E-state index is 0.613. The van der Waals surface area contributed by atoms with Gasteiger partial charge in [-0.25, -0.2) is 0 Å². The number of fused-ring (bicyclic) bond motifs is 1. The molecule has 0 radical (unpaired) electrons. The Morgan fingerprint density at radius 1 is 1.32 bits per heavy atom. The number of rotatable bonds is 2. The Hall–Kier alpha value is -1.96. The molecule has 0 saturated carbocycles. The van der Waals surface area contributed by atoms with Gasteiger partial charge in [0.15, 0.2) is 0 Å². The summed E-state index contributed by atoms with van der Waals surface area (Å²) in [5, 5.41) is 10.1. The average Bonchev–Trinajstić information content (AvgIpc) is 2.48. The fourth-order valence-corrected chi connectivity index (χ4v) is 2.41. The molecule has 0 bridgehead atoms. The summed E-state index contributed by atoms with van der Waals surface area (Å²) in [6.45, 7) is 4.40. The zero-order valence-electron chi connectivity index (χ0n) is 10.7. The average molecular weight is 253 g/mol. The summed E-state index contributed by atoms with van der Waals surface area (Å²) < 4.78 is 5.36. The summed E-state index contributed by atoms with van der Waals surface area (Å²) in [6, 6.07) is 10.2. The third-order valence-electron chi connectivity index (χ3n) is 3.44. The van der Waals surface area contributed by atoms with Crippen molar-refractivity contribution in [2.24, 2.45) is 0 Å². The Kier molecular flexibility index (Phi) is 3.41. The predicted octanol–water partition coefficient (Wildman–Crippen LogP) is 1.94. The fraction of sp³-hybridized carbons (Fsp3) is 0.333. The number of aromatic nitrogens is 1. The molecule has 0 N–H and O–H groups in total. The van der Waals surface area contributed by atoms with Crippen LogP contribution in [0.2, 0.25) is 0 Å². The fourth-order valence-electron chi connectivity index (χ4n) is 2.41. The van der Waals surface area contributed by atoms with Crippen molar-refractivity contribution in [1.82, 2.24) is 9.88 Å². The van der Waals surface area contributed by atoms with Gasteiger partial charge in [0.1, 0.15) is 6.07 Å². The molecule has 2 aromatic rings. The van der Waals surface area contributed by atoms with E-state index in [2.05, 4.69) is 22.0 Å². The van der Waals surface area contributed by atoms with E-state index in [9.17, 15) is 0 Å². The first-order valence-corrected chi connectivity index (χ1v) is 6.45. The number of benzene rings is 1. The zero-order valence-corrected chi connectivity index (χ0v) is 10.7. The van der Waals surface area contributed by atoms with Crippen molar-refractivity contribution in [2.75, 3.05) is 26.3 Å². The van der Waals surface area contributed by atoms with Gasteiger partial charge in [-0.1, -0.05) is 12.1 Å². The maximum Gasteiger partial charge on any atom is 0.101 e. The molecule has 1 aromatic heterocycles. The van der Waals surface area contributed by atoms with Gasteiger partial charge in [0.2, 0.25) is 0 Å². The third kappa shape index (κ3) is 2.58. The Balaban J connectivity index is 1.95. The van der Waals surface area contributed by atoms with Gasteiger partial charge in [-0.05, 0) is 17.7 Å². The highest BCUT2D eigenvalue weighted by atomic mass is 16.5. The van der Waals surface area contributed by atoms with Crippen molar-refractivity contribution in [3.63, 3.8) is 0 Å². The van der Waals surface area contributed by atoms with Gasteiger partial charge in [-0.3, -0.25) is 9.88 Å². The first-order chi connectivity index (χ1) is 9.36. The van der Waals surface area contributed by atoms with E-state index in [1.807, 2.05) is 18.2 Å². The van der Waals surface area contributed by atoms with Crippen LogP contribution in [0, 0.1) is 11.3 Å². The van der Waals surface area contributed by atoms with E-state index >= 15 is 0 Å². The van der Waals surface area contributed by atoms with Crippen LogP contribution in [0.15, 0.2) is 30.5 Å². The molecule has 96 valence electrons. The number of morpholine rings is 1. The van der Waals surface area contributed by atoms with Crippen molar-refractivity contribution >= 4 is 10.9 Å². The minimum atomic E-state index is 0.613. The van der Waals surface area contributed by atoms with Gasteiger partial charge in [-0.2, -0.15) is 5.26 Å². The Labute approximate surface area is 112 Å². The maximum absolute atomic E-state index is 8.99. The Bertz CT molecular complexity index is 627. The molecule has 0 unspecified atom stereocenters. The second-order valence-electron chi connectivity index (χ2n) is 4.71. The molecule has 1 aromatic carbocycles. The molecule has 2 heterocycles. The van der Waals surface area contributed by atoms with Gasteiger partial charge >= 0.3 is 0 Å². The molecule has 3 rings (SSSR count).